The number of aromatic nitrogens is 2. The number of benzene rings is 2. The van der Waals surface area contributed by atoms with E-state index in [2.05, 4.69) is 16.7 Å². The van der Waals surface area contributed by atoms with Gasteiger partial charge in [-0.25, -0.2) is 4.39 Å². The van der Waals surface area contributed by atoms with E-state index in [1.807, 2.05) is 45.9 Å². The van der Waals surface area contributed by atoms with Crippen molar-refractivity contribution >= 4 is 16.8 Å². The van der Waals surface area contributed by atoms with Crippen molar-refractivity contribution in [3.63, 3.8) is 0 Å². The fourth-order valence-electron chi connectivity index (χ4n) is 3.83. The van der Waals surface area contributed by atoms with Crippen LogP contribution in [0.4, 0.5) is 4.39 Å². The van der Waals surface area contributed by atoms with E-state index in [9.17, 15) is 9.18 Å². The first kappa shape index (κ1) is 25.3. The number of amides is 1. The Morgan fingerprint density at radius 3 is 2.59 bits per heavy atom. The van der Waals surface area contributed by atoms with Gasteiger partial charge in [0.15, 0.2) is 0 Å². The van der Waals surface area contributed by atoms with Crippen LogP contribution in [0.2, 0.25) is 0 Å². The lowest BCUT2D eigenvalue weighted by atomic mass is 9.85. The summed E-state index contributed by atoms with van der Waals surface area (Å²) in [5.74, 6) is -0.663. The SMILES string of the molecule is CC(NC(C(=O)NCOCO)C(C)(C)C)c1nn(Cc2ccc(C#N)cc2)c2c(F)cccc12. The molecule has 1 aromatic heterocycles. The van der Waals surface area contributed by atoms with E-state index in [4.69, 9.17) is 20.2 Å². The average Bonchev–Trinajstić information content (AvgIpc) is 3.17. The predicted molar refractivity (Wildman–Crippen MR) is 126 cm³/mol. The molecule has 1 heterocycles. The van der Waals surface area contributed by atoms with Crippen molar-refractivity contribution in [2.75, 3.05) is 13.5 Å². The largest absolute Gasteiger partial charge is 0.371 e. The van der Waals surface area contributed by atoms with Gasteiger partial charge in [-0.15, -0.1) is 0 Å². The lowest BCUT2D eigenvalue weighted by Gasteiger charge is -2.32. The van der Waals surface area contributed by atoms with Gasteiger partial charge < -0.3 is 15.2 Å². The molecule has 0 fully saturated rings. The molecule has 1 amide bonds. The normalized spacial score (nSPS) is 13.4. The number of aliphatic hydroxyl groups excluding tert-OH is 1. The zero-order valence-corrected chi connectivity index (χ0v) is 19.8. The highest BCUT2D eigenvalue weighted by Crippen LogP contribution is 2.29. The van der Waals surface area contributed by atoms with Gasteiger partial charge in [0.1, 0.15) is 24.9 Å². The van der Waals surface area contributed by atoms with E-state index in [0.29, 0.717) is 28.7 Å². The zero-order chi connectivity index (χ0) is 24.9. The molecule has 34 heavy (non-hydrogen) atoms. The number of halogens is 1. The Morgan fingerprint density at radius 1 is 1.26 bits per heavy atom. The Bertz CT molecular complexity index is 1180. The molecule has 0 saturated heterocycles. The smallest absolute Gasteiger partial charge is 0.239 e. The first-order chi connectivity index (χ1) is 16.2. The molecule has 8 nitrogen and oxygen atoms in total. The van der Waals surface area contributed by atoms with E-state index in [-0.39, 0.29) is 24.5 Å². The summed E-state index contributed by atoms with van der Waals surface area (Å²) in [7, 11) is 0. The van der Waals surface area contributed by atoms with Crippen LogP contribution in [0.25, 0.3) is 10.9 Å². The zero-order valence-electron chi connectivity index (χ0n) is 19.8. The minimum absolute atomic E-state index is 0.106. The molecule has 2 unspecified atom stereocenters. The van der Waals surface area contributed by atoms with Gasteiger partial charge in [0.05, 0.1) is 29.9 Å². The summed E-state index contributed by atoms with van der Waals surface area (Å²) in [5, 5.41) is 29.2. The Hall–Kier alpha value is -3.32. The number of para-hydroxylation sites is 1. The summed E-state index contributed by atoms with van der Waals surface area (Å²) in [6.07, 6.45) is 0. The monoisotopic (exact) mass is 467 g/mol. The molecule has 2 aromatic carbocycles. The number of carbonyl (C=O) groups is 1. The van der Waals surface area contributed by atoms with Crippen LogP contribution >= 0.6 is 0 Å². The molecule has 3 N–H and O–H groups in total. The molecule has 0 radical (unpaired) electrons. The Labute approximate surface area is 198 Å². The van der Waals surface area contributed by atoms with Gasteiger partial charge in [-0.1, -0.05) is 45.0 Å². The molecule has 0 aliphatic rings. The van der Waals surface area contributed by atoms with Gasteiger partial charge in [-0.2, -0.15) is 10.4 Å². The van der Waals surface area contributed by atoms with Crippen molar-refractivity contribution < 1.29 is 19.0 Å². The third-order valence-electron chi connectivity index (χ3n) is 5.56. The maximum absolute atomic E-state index is 14.9. The lowest BCUT2D eigenvalue weighted by molar-refractivity contribution is -0.128. The van der Waals surface area contributed by atoms with Crippen molar-refractivity contribution in [2.24, 2.45) is 5.41 Å². The summed E-state index contributed by atoms with van der Waals surface area (Å²) in [4.78, 5) is 12.8. The lowest BCUT2D eigenvalue weighted by Crippen LogP contribution is -2.52. The van der Waals surface area contributed by atoms with Gasteiger partial charge in [0, 0.05) is 11.4 Å². The van der Waals surface area contributed by atoms with Crippen LogP contribution in [-0.4, -0.2) is 40.4 Å². The summed E-state index contributed by atoms with van der Waals surface area (Å²) in [6, 6.07) is 13.0. The molecule has 9 heteroatoms. The molecule has 0 saturated carbocycles. The van der Waals surface area contributed by atoms with Crippen LogP contribution in [0.5, 0.6) is 0 Å². The summed E-state index contributed by atoms with van der Waals surface area (Å²) in [5.41, 5.74) is 1.99. The Kier molecular flexibility index (Phi) is 7.99. The third kappa shape index (κ3) is 5.78. The fourth-order valence-corrected chi connectivity index (χ4v) is 3.83. The standard InChI is InChI=1S/C25H30FN5O3/c1-16(29-23(25(2,3)4)24(33)28-14-34-15-32)21-19-6-5-7-20(26)22(19)31(30-21)13-18-10-8-17(12-27)9-11-18/h5-11,16,23,29,32H,13-15H2,1-4H3,(H,28,33). The number of nitrogens with zero attached hydrogens (tertiary/aromatic N) is 3. The number of ether oxygens (including phenoxy) is 1. The molecular weight excluding hydrogens is 437 g/mol. The van der Waals surface area contributed by atoms with Crippen molar-refractivity contribution in [3.05, 3.63) is 65.1 Å². The van der Waals surface area contributed by atoms with Gasteiger partial charge in [-0.05, 0) is 36.1 Å². The first-order valence-electron chi connectivity index (χ1n) is 11.0. The molecular formula is C25H30FN5O3. The van der Waals surface area contributed by atoms with Gasteiger partial charge in [0.2, 0.25) is 5.91 Å². The second kappa shape index (κ2) is 10.7. The second-order valence-electron chi connectivity index (χ2n) is 9.19. The number of rotatable bonds is 9. The van der Waals surface area contributed by atoms with Crippen LogP contribution in [0, 0.1) is 22.6 Å². The number of fused-ring (bicyclic) bond motifs is 1. The first-order valence-corrected chi connectivity index (χ1v) is 11.0. The van der Waals surface area contributed by atoms with E-state index in [1.54, 1.807) is 22.9 Å². The number of nitriles is 1. The number of aliphatic hydroxyl groups is 1. The van der Waals surface area contributed by atoms with Crippen LogP contribution in [0.1, 0.15) is 50.6 Å². The fraction of sp³-hybridized carbons (Fsp3) is 0.400. The molecule has 0 aliphatic heterocycles. The molecule has 3 aromatic rings. The maximum Gasteiger partial charge on any atom is 0.239 e. The van der Waals surface area contributed by atoms with Crippen molar-refractivity contribution in [1.29, 1.82) is 5.26 Å². The van der Waals surface area contributed by atoms with Crippen LogP contribution in [0.3, 0.4) is 0 Å². The molecule has 0 spiro atoms. The number of carbonyl (C=O) groups excluding carboxylic acids is 1. The van der Waals surface area contributed by atoms with Crippen LogP contribution < -0.4 is 10.6 Å². The van der Waals surface area contributed by atoms with Crippen LogP contribution in [0.15, 0.2) is 42.5 Å². The Morgan fingerprint density at radius 2 is 1.97 bits per heavy atom. The van der Waals surface area contributed by atoms with Gasteiger partial charge in [-0.3, -0.25) is 14.8 Å². The van der Waals surface area contributed by atoms with Crippen molar-refractivity contribution in [2.45, 2.75) is 46.3 Å². The number of hydrogen-bond acceptors (Lipinski definition) is 6. The highest BCUT2D eigenvalue weighted by atomic mass is 19.1. The number of nitrogens with one attached hydrogen (secondary N) is 2. The quantitative estimate of drug-likeness (QED) is 0.329. The Balaban J connectivity index is 1.92. The van der Waals surface area contributed by atoms with Gasteiger partial charge >= 0.3 is 0 Å². The summed E-state index contributed by atoms with van der Waals surface area (Å²) in [6.45, 7) is 7.43. The minimum atomic E-state index is -0.600. The predicted octanol–water partition coefficient (Wildman–Crippen LogP) is 3.20. The molecule has 2 atom stereocenters. The molecule has 0 aliphatic carbocycles. The van der Waals surface area contributed by atoms with E-state index in [0.717, 1.165) is 5.56 Å². The summed E-state index contributed by atoms with van der Waals surface area (Å²) >= 11 is 0. The molecule has 180 valence electrons. The molecule has 0 bridgehead atoms. The van der Waals surface area contributed by atoms with E-state index < -0.39 is 18.2 Å². The van der Waals surface area contributed by atoms with E-state index >= 15 is 0 Å². The molecule has 3 rings (SSSR count). The van der Waals surface area contributed by atoms with Crippen LogP contribution in [-0.2, 0) is 16.1 Å². The highest BCUT2D eigenvalue weighted by molar-refractivity contribution is 5.84. The topological polar surface area (TPSA) is 112 Å². The highest BCUT2D eigenvalue weighted by Gasteiger charge is 2.33. The van der Waals surface area contributed by atoms with E-state index in [1.165, 1.54) is 6.07 Å². The number of hydrogen-bond donors (Lipinski definition) is 3. The van der Waals surface area contributed by atoms with Crippen molar-refractivity contribution in [1.82, 2.24) is 20.4 Å². The summed E-state index contributed by atoms with van der Waals surface area (Å²) < 4.78 is 21.3. The third-order valence-corrected chi connectivity index (χ3v) is 5.56. The minimum Gasteiger partial charge on any atom is -0.371 e. The second-order valence-corrected chi connectivity index (χ2v) is 9.19. The van der Waals surface area contributed by atoms with Crippen molar-refractivity contribution in [3.8, 4) is 6.07 Å². The van der Waals surface area contributed by atoms with Gasteiger partial charge in [0.25, 0.3) is 0 Å². The average molecular weight is 468 g/mol. The maximum atomic E-state index is 14.9.